The molecule has 1 aliphatic heterocycles. The predicted molar refractivity (Wildman–Crippen MR) is 73.7 cm³/mol. The van der Waals surface area contributed by atoms with Crippen LogP contribution in [0.25, 0.3) is 0 Å². The first kappa shape index (κ1) is 13.5. The lowest BCUT2D eigenvalue weighted by molar-refractivity contribution is 0.109. The fraction of sp³-hybridized carbons (Fsp3) is 0.769. The van der Waals surface area contributed by atoms with E-state index in [1.807, 2.05) is 7.05 Å². The van der Waals surface area contributed by atoms with Crippen LogP contribution < -0.4 is 5.32 Å². The highest BCUT2D eigenvalue weighted by atomic mass is 15.3. The van der Waals surface area contributed by atoms with Gasteiger partial charge in [0.05, 0.1) is 11.7 Å². The average molecular weight is 251 g/mol. The van der Waals surface area contributed by atoms with Gasteiger partial charge in [0, 0.05) is 46.0 Å². The van der Waals surface area contributed by atoms with Gasteiger partial charge in [0.25, 0.3) is 0 Å². The van der Waals surface area contributed by atoms with Crippen LogP contribution in [0.1, 0.15) is 17.6 Å². The Bertz CT molecular complexity index is 359. The van der Waals surface area contributed by atoms with Gasteiger partial charge in [-0.1, -0.05) is 0 Å². The molecular formula is C13H25N5. The quantitative estimate of drug-likeness (QED) is 0.831. The smallest absolute Gasteiger partial charge is 0.105 e. The minimum Gasteiger partial charge on any atom is -0.338 e. The first-order valence-corrected chi connectivity index (χ1v) is 6.69. The summed E-state index contributed by atoms with van der Waals surface area (Å²) in [4.78, 5) is 9.62. The summed E-state index contributed by atoms with van der Waals surface area (Å²) in [6, 6.07) is 0.392. The first-order valence-electron chi connectivity index (χ1n) is 6.69. The number of nitrogens with zero attached hydrogens (tertiary/aromatic N) is 4. The monoisotopic (exact) mass is 251 g/mol. The molecule has 0 bridgehead atoms. The van der Waals surface area contributed by atoms with Crippen LogP contribution in [-0.2, 0) is 7.05 Å². The minimum atomic E-state index is 0.392. The third kappa shape index (κ3) is 2.91. The summed E-state index contributed by atoms with van der Waals surface area (Å²) < 4.78 is 2.11. The molecule has 0 amide bonds. The Labute approximate surface area is 110 Å². The number of imidazole rings is 1. The van der Waals surface area contributed by atoms with Crippen LogP contribution >= 0.6 is 0 Å². The standard InChI is InChI=1S/C13H25N5/c1-11-15-12(10-17(11)4)13(9-14-2)18-7-5-16(3)6-8-18/h10,13-14H,5-9H2,1-4H3. The highest BCUT2D eigenvalue weighted by molar-refractivity contribution is 5.09. The zero-order valence-corrected chi connectivity index (χ0v) is 12.0. The Morgan fingerprint density at radius 2 is 1.94 bits per heavy atom. The molecule has 0 spiro atoms. The molecule has 18 heavy (non-hydrogen) atoms. The van der Waals surface area contributed by atoms with Crippen LogP contribution in [0.4, 0.5) is 0 Å². The molecule has 1 unspecified atom stereocenters. The summed E-state index contributed by atoms with van der Waals surface area (Å²) in [7, 11) is 6.26. The van der Waals surface area contributed by atoms with Gasteiger partial charge in [0.15, 0.2) is 0 Å². The van der Waals surface area contributed by atoms with Gasteiger partial charge >= 0.3 is 0 Å². The third-order valence-electron chi connectivity index (χ3n) is 3.84. The molecule has 0 aromatic carbocycles. The van der Waals surface area contributed by atoms with E-state index in [1.165, 1.54) is 5.69 Å². The SMILES string of the molecule is CNCC(c1cn(C)c(C)n1)N1CCN(C)CC1. The van der Waals surface area contributed by atoms with Crippen LogP contribution in [0.5, 0.6) is 0 Å². The molecule has 2 heterocycles. The molecule has 1 saturated heterocycles. The Kier molecular flexibility index (Phi) is 4.37. The Morgan fingerprint density at radius 3 is 2.44 bits per heavy atom. The summed E-state index contributed by atoms with van der Waals surface area (Å²) in [6.07, 6.45) is 2.16. The van der Waals surface area contributed by atoms with Crippen molar-refractivity contribution in [3.05, 3.63) is 17.7 Å². The molecule has 1 N–H and O–H groups in total. The number of rotatable bonds is 4. The molecule has 5 heteroatoms. The average Bonchev–Trinajstić information content (AvgIpc) is 2.68. The Morgan fingerprint density at radius 1 is 1.28 bits per heavy atom. The van der Waals surface area contributed by atoms with Gasteiger partial charge in [0.1, 0.15) is 5.82 Å². The summed E-state index contributed by atoms with van der Waals surface area (Å²) in [5, 5.41) is 3.30. The predicted octanol–water partition coefficient (Wildman–Crippen LogP) is 0.236. The molecule has 102 valence electrons. The first-order chi connectivity index (χ1) is 8.61. The van der Waals surface area contributed by atoms with Crippen molar-refractivity contribution in [3.63, 3.8) is 0 Å². The van der Waals surface area contributed by atoms with E-state index in [0.29, 0.717) is 6.04 Å². The van der Waals surface area contributed by atoms with Gasteiger partial charge in [-0.2, -0.15) is 0 Å². The van der Waals surface area contributed by atoms with Crippen molar-refractivity contribution >= 4 is 0 Å². The van der Waals surface area contributed by atoms with Gasteiger partial charge in [-0.15, -0.1) is 0 Å². The van der Waals surface area contributed by atoms with Crippen molar-refractivity contribution in [2.75, 3.05) is 46.8 Å². The molecule has 2 rings (SSSR count). The van der Waals surface area contributed by atoms with E-state index in [4.69, 9.17) is 4.98 Å². The van der Waals surface area contributed by atoms with E-state index in [0.717, 1.165) is 38.5 Å². The Hall–Kier alpha value is -0.910. The number of aromatic nitrogens is 2. The zero-order chi connectivity index (χ0) is 13.1. The molecular weight excluding hydrogens is 226 g/mol. The van der Waals surface area contributed by atoms with Crippen molar-refractivity contribution in [2.45, 2.75) is 13.0 Å². The number of likely N-dealkylation sites (N-methyl/N-ethyl adjacent to an activating group) is 2. The lowest BCUT2D eigenvalue weighted by atomic mass is 10.1. The van der Waals surface area contributed by atoms with Crippen molar-refractivity contribution < 1.29 is 0 Å². The van der Waals surface area contributed by atoms with Crippen molar-refractivity contribution in [2.24, 2.45) is 7.05 Å². The van der Waals surface area contributed by atoms with Crippen LogP contribution in [0, 0.1) is 6.92 Å². The maximum Gasteiger partial charge on any atom is 0.105 e. The summed E-state index contributed by atoms with van der Waals surface area (Å²) >= 11 is 0. The van der Waals surface area contributed by atoms with Gasteiger partial charge in [-0.25, -0.2) is 4.98 Å². The number of aryl methyl sites for hydroxylation is 2. The lowest BCUT2D eigenvalue weighted by Crippen LogP contribution is -2.47. The highest BCUT2D eigenvalue weighted by Crippen LogP contribution is 2.20. The fourth-order valence-corrected chi connectivity index (χ4v) is 2.49. The maximum atomic E-state index is 4.69. The van der Waals surface area contributed by atoms with E-state index in [1.54, 1.807) is 0 Å². The molecule has 0 radical (unpaired) electrons. The molecule has 1 aliphatic rings. The molecule has 1 atom stereocenters. The molecule has 1 fully saturated rings. The van der Waals surface area contributed by atoms with Gasteiger partial charge in [-0.3, -0.25) is 4.90 Å². The van der Waals surface area contributed by atoms with Gasteiger partial charge in [0.2, 0.25) is 0 Å². The number of piperazine rings is 1. The summed E-state index contributed by atoms with van der Waals surface area (Å²) in [5.74, 6) is 1.08. The third-order valence-corrected chi connectivity index (χ3v) is 3.84. The molecule has 1 aromatic rings. The molecule has 0 aliphatic carbocycles. The van der Waals surface area contributed by atoms with Gasteiger partial charge < -0.3 is 14.8 Å². The summed E-state index contributed by atoms with van der Waals surface area (Å²) in [6.45, 7) is 7.55. The van der Waals surface area contributed by atoms with Gasteiger partial charge in [-0.05, 0) is 21.0 Å². The zero-order valence-electron chi connectivity index (χ0n) is 12.0. The number of nitrogens with one attached hydrogen (secondary N) is 1. The van der Waals surface area contributed by atoms with E-state index in [2.05, 4.69) is 46.9 Å². The number of hydrogen-bond donors (Lipinski definition) is 1. The van der Waals surface area contributed by atoms with E-state index in [9.17, 15) is 0 Å². The Balaban J connectivity index is 2.12. The van der Waals surface area contributed by atoms with Crippen molar-refractivity contribution in [1.82, 2.24) is 24.7 Å². The summed E-state index contributed by atoms with van der Waals surface area (Å²) in [5.41, 5.74) is 1.19. The second-order valence-corrected chi connectivity index (χ2v) is 5.24. The van der Waals surface area contributed by atoms with E-state index < -0.39 is 0 Å². The highest BCUT2D eigenvalue weighted by Gasteiger charge is 2.25. The topological polar surface area (TPSA) is 36.3 Å². The van der Waals surface area contributed by atoms with Crippen molar-refractivity contribution in [3.8, 4) is 0 Å². The number of hydrogen-bond acceptors (Lipinski definition) is 4. The van der Waals surface area contributed by atoms with E-state index >= 15 is 0 Å². The van der Waals surface area contributed by atoms with Crippen LogP contribution in [0.2, 0.25) is 0 Å². The second-order valence-electron chi connectivity index (χ2n) is 5.24. The normalized spacial score (nSPS) is 20.2. The van der Waals surface area contributed by atoms with Crippen LogP contribution in [0.3, 0.4) is 0 Å². The maximum absolute atomic E-state index is 4.69. The largest absolute Gasteiger partial charge is 0.338 e. The molecule has 0 saturated carbocycles. The fourth-order valence-electron chi connectivity index (χ4n) is 2.49. The van der Waals surface area contributed by atoms with Crippen LogP contribution in [-0.4, -0.2) is 66.2 Å². The molecule has 5 nitrogen and oxygen atoms in total. The second kappa shape index (κ2) is 5.82. The lowest BCUT2D eigenvalue weighted by Gasteiger charge is -2.37. The minimum absolute atomic E-state index is 0.392. The van der Waals surface area contributed by atoms with E-state index in [-0.39, 0.29) is 0 Å². The van der Waals surface area contributed by atoms with Crippen molar-refractivity contribution in [1.29, 1.82) is 0 Å². The molecule has 1 aromatic heterocycles. The van der Waals surface area contributed by atoms with Crippen LogP contribution in [0.15, 0.2) is 6.20 Å².